The Morgan fingerprint density at radius 3 is 2.87 bits per heavy atom. The Morgan fingerprint density at radius 2 is 2.10 bits per heavy atom. The van der Waals surface area contributed by atoms with Gasteiger partial charge in [0.25, 0.3) is 0 Å². The van der Waals surface area contributed by atoms with Crippen molar-refractivity contribution < 1.29 is 9.53 Å². The molecule has 0 spiro atoms. The summed E-state index contributed by atoms with van der Waals surface area (Å²) < 4.78 is 7.56. The minimum Gasteiger partial charge on any atom is -0.378 e. The molecule has 31 heavy (non-hydrogen) atoms. The summed E-state index contributed by atoms with van der Waals surface area (Å²) in [6, 6.07) is 9.58. The highest BCUT2D eigenvalue weighted by molar-refractivity contribution is 5.90. The molecular formula is C23H34N6O2. The highest BCUT2D eigenvalue weighted by Gasteiger charge is 2.13. The number of hydrogen-bond donors (Lipinski definition) is 3. The Labute approximate surface area is 184 Å². The zero-order chi connectivity index (χ0) is 21.7. The van der Waals surface area contributed by atoms with E-state index in [0.717, 1.165) is 36.8 Å². The van der Waals surface area contributed by atoms with E-state index >= 15 is 0 Å². The van der Waals surface area contributed by atoms with Crippen LogP contribution in [0.15, 0.2) is 47.7 Å². The molecule has 1 aliphatic rings. The molecule has 2 aromatic rings. The molecule has 0 atom stereocenters. The number of ether oxygens (including phenoxy) is 1. The Morgan fingerprint density at radius 1 is 1.23 bits per heavy atom. The van der Waals surface area contributed by atoms with Gasteiger partial charge in [-0.15, -0.1) is 0 Å². The second-order valence-electron chi connectivity index (χ2n) is 7.79. The molecule has 3 N–H and O–H groups in total. The molecule has 8 heteroatoms. The summed E-state index contributed by atoms with van der Waals surface area (Å²) in [6.45, 7) is 2.41. The van der Waals surface area contributed by atoms with Crippen LogP contribution in [0.2, 0.25) is 0 Å². The molecule has 1 fully saturated rings. The lowest BCUT2D eigenvalue weighted by molar-refractivity contribution is -0.116. The smallest absolute Gasteiger partial charge is 0.246 e. The summed E-state index contributed by atoms with van der Waals surface area (Å²) >= 11 is 0. The molecule has 1 aliphatic carbocycles. The van der Waals surface area contributed by atoms with Gasteiger partial charge in [0.15, 0.2) is 5.96 Å². The first-order valence-corrected chi connectivity index (χ1v) is 11.2. The van der Waals surface area contributed by atoms with E-state index in [1.807, 2.05) is 24.3 Å². The molecule has 3 rings (SSSR count). The van der Waals surface area contributed by atoms with E-state index in [-0.39, 0.29) is 12.5 Å². The monoisotopic (exact) mass is 426 g/mol. The van der Waals surface area contributed by atoms with Crippen LogP contribution < -0.4 is 16.0 Å². The molecule has 0 unspecified atom stereocenters. The first-order chi connectivity index (χ1) is 15.2. The fourth-order valence-electron chi connectivity index (χ4n) is 3.67. The summed E-state index contributed by atoms with van der Waals surface area (Å²) in [7, 11) is 1.76. The van der Waals surface area contributed by atoms with E-state index in [9.17, 15) is 4.79 Å². The van der Waals surface area contributed by atoms with Crippen LogP contribution in [0.1, 0.15) is 44.1 Å². The van der Waals surface area contributed by atoms with Crippen molar-refractivity contribution in [3.63, 3.8) is 0 Å². The zero-order valence-corrected chi connectivity index (χ0v) is 18.3. The number of guanidine groups is 1. The van der Waals surface area contributed by atoms with Gasteiger partial charge in [0.1, 0.15) is 6.54 Å². The number of amides is 1. The number of aliphatic imine (C=N–C) groups is 1. The van der Waals surface area contributed by atoms with Gasteiger partial charge in [0.05, 0.1) is 6.10 Å². The molecule has 0 saturated heterocycles. The van der Waals surface area contributed by atoms with Crippen molar-refractivity contribution in [3.05, 3.63) is 48.3 Å². The second kappa shape index (κ2) is 12.7. The molecule has 1 saturated carbocycles. The van der Waals surface area contributed by atoms with Gasteiger partial charge in [0.2, 0.25) is 5.91 Å². The van der Waals surface area contributed by atoms with Gasteiger partial charge in [-0.3, -0.25) is 14.5 Å². The number of benzene rings is 1. The molecule has 168 valence electrons. The Kier molecular flexibility index (Phi) is 9.37. The van der Waals surface area contributed by atoms with Gasteiger partial charge in [-0.25, -0.2) is 0 Å². The summed E-state index contributed by atoms with van der Waals surface area (Å²) in [4.78, 5) is 16.4. The fourth-order valence-corrected chi connectivity index (χ4v) is 3.67. The van der Waals surface area contributed by atoms with Crippen molar-refractivity contribution in [1.82, 2.24) is 20.4 Å². The van der Waals surface area contributed by atoms with Crippen molar-refractivity contribution in [2.45, 2.75) is 57.7 Å². The first kappa shape index (κ1) is 22.8. The number of nitrogens with zero attached hydrogens (tertiary/aromatic N) is 3. The first-order valence-electron chi connectivity index (χ1n) is 11.2. The lowest BCUT2D eigenvalue weighted by atomic mass is 9.98. The van der Waals surface area contributed by atoms with E-state index in [0.29, 0.717) is 12.6 Å². The normalized spacial score (nSPS) is 14.9. The number of carbonyl (C=O) groups is 1. The van der Waals surface area contributed by atoms with Crippen LogP contribution in [0, 0.1) is 0 Å². The zero-order valence-electron chi connectivity index (χ0n) is 18.3. The number of anilines is 1. The van der Waals surface area contributed by atoms with Gasteiger partial charge in [-0.1, -0.05) is 31.4 Å². The van der Waals surface area contributed by atoms with Gasteiger partial charge < -0.3 is 20.7 Å². The predicted octanol–water partition coefficient (Wildman–Crippen LogP) is 2.93. The van der Waals surface area contributed by atoms with Gasteiger partial charge in [-0.05, 0) is 43.0 Å². The number of carbonyl (C=O) groups excluding carboxylic acids is 1. The number of rotatable bonds is 10. The molecule has 1 amide bonds. The van der Waals surface area contributed by atoms with Crippen LogP contribution in [0.25, 0.3) is 0 Å². The van der Waals surface area contributed by atoms with Crippen LogP contribution in [-0.2, 0) is 22.6 Å². The summed E-state index contributed by atoms with van der Waals surface area (Å²) in [5.41, 5.74) is 1.82. The largest absolute Gasteiger partial charge is 0.378 e. The summed E-state index contributed by atoms with van der Waals surface area (Å²) in [5, 5.41) is 13.6. The third kappa shape index (κ3) is 8.41. The molecule has 8 nitrogen and oxygen atoms in total. The number of nitrogens with one attached hydrogen (secondary N) is 3. The standard InChI is InChI=1S/C23H34N6O2/c1-24-23(25-12-7-15-31-21-10-3-2-4-11-21)26-17-19-8-5-9-20(16-19)28-22(30)18-29-14-6-13-27-29/h5-6,8-9,13-14,16,21H,2-4,7,10-12,15,17-18H2,1H3,(H,28,30)(H2,24,25,26). The molecule has 1 heterocycles. The molecule has 0 bridgehead atoms. The Balaban J connectivity index is 1.35. The highest BCUT2D eigenvalue weighted by Crippen LogP contribution is 2.20. The maximum Gasteiger partial charge on any atom is 0.246 e. The summed E-state index contributed by atoms with van der Waals surface area (Å²) in [5.74, 6) is 0.646. The van der Waals surface area contributed by atoms with Crippen molar-refractivity contribution in [1.29, 1.82) is 0 Å². The van der Waals surface area contributed by atoms with Crippen LogP contribution in [0.4, 0.5) is 5.69 Å². The quantitative estimate of drug-likeness (QED) is 0.309. The van der Waals surface area contributed by atoms with Crippen molar-refractivity contribution in [2.75, 3.05) is 25.5 Å². The van der Waals surface area contributed by atoms with Crippen molar-refractivity contribution in [2.24, 2.45) is 4.99 Å². The van der Waals surface area contributed by atoms with Gasteiger partial charge >= 0.3 is 0 Å². The molecule has 0 aliphatic heterocycles. The molecule has 1 aromatic heterocycles. The Bertz CT molecular complexity index is 815. The van der Waals surface area contributed by atoms with Crippen LogP contribution in [-0.4, -0.2) is 48.0 Å². The maximum absolute atomic E-state index is 12.1. The van der Waals surface area contributed by atoms with Crippen LogP contribution in [0.5, 0.6) is 0 Å². The average Bonchev–Trinajstić information content (AvgIpc) is 3.29. The van der Waals surface area contributed by atoms with E-state index in [4.69, 9.17) is 4.74 Å². The fraction of sp³-hybridized carbons (Fsp3) is 0.522. The third-order valence-corrected chi connectivity index (χ3v) is 5.28. The second-order valence-corrected chi connectivity index (χ2v) is 7.79. The predicted molar refractivity (Wildman–Crippen MR) is 123 cm³/mol. The lowest BCUT2D eigenvalue weighted by Gasteiger charge is -2.22. The van der Waals surface area contributed by atoms with Gasteiger partial charge in [0, 0.05) is 44.8 Å². The third-order valence-electron chi connectivity index (χ3n) is 5.28. The van der Waals surface area contributed by atoms with Crippen molar-refractivity contribution in [3.8, 4) is 0 Å². The number of aromatic nitrogens is 2. The molecular weight excluding hydrogens is 392 g/mol. The van der Waals surface area contributed by atoms with E-state index in [1.165, 1.54) is 32.1 Å². The van der Waals surface area contributed by atoms with E-state index < -0.39 is 0 Å². The van der Waals surface area contributed by atoms with Crippen LogP contribution in [0.3, 0.4) is 0 Å². The summed E-state index contributed by atoms with van der Waals surface area (Å²) in [6.07, 6.45) is 11.2. The van der Waals surface area contributed by atoms with E-state index in [1.54, 1.807) is 30.2 Å². The minimum absolute atomic E-state index is 0.110. The van der Waals surface area contributed by atoms with Crippen molar-refractivity contribution >= 4 is 17.6 Å². The molecule has 1 aromatic carbocycles. The number of hydrogen-bond acceptors (Lipinski definition) is 4. The highest BCUT2D eigenvalue weighted by atomic mass is 16.5. The minimum atomic E-state index is -0.110. The lowest BCUT2D eigenvalue weighted by Crippen LogP contribution is -2.37. The topological polar surface area (TPSA) is 92.6 Å². The molecule has 0 radical (unpaired) electrons. The van der Waals surface area contributed by atoms with Crippen LogP contribution >= 0.6 is 0 Å². The maximum atomic E-state index is 12.1. The SMILES string of the molecule is CN=C(NCCCOC1CCCCC1)NCc1cccc(NC(=O)Cn2cccn2)c1. The van der Waals surface area contributed by atoms with Gasteiger partial charge in [-0.2, -0.15) is 5.10 Å². The van der Waals surface area contributed by atoms with E-state index in [2.05, 4.69) is 26.0 Å². The average molecular weight is 427 g/mol. The Hall–Kier alpha value is -2.87.